The largest absolute Gasteiger partial charge is 0.456 e. The van der Waals surface area contributed by atoms with Gasteiger partial charge in [0.1, 0.15) is 12.2 Å². The van der Waals surface area contributed by atoms with Gasteiger partial charge in [-0.2, -0.15) is 0 Å². The second kappa shape index (κ2) is 11.4. The maximum atomic E-state index is 13.3. The van der Waals surface area contributed by atoms with Crippen LogP contribution in [0, 0.1) is 11.8 Å². The number of hydrogen-bond donors (Lipinski definition) is 2. The third-order valence-corrected chi connectivity index (χ3v) is 7.88. The summed E-state index contributed by atoms with van der Waals surface area (Å²) in [6, 6.07) is 12.5. The second-order valence-corrected chi connectivity index (χ2v) is 11.5. The number of carbonyl (C=O) groups excluding carboxylic acids is 2. The van der Waals surface area contributed by atoms with Crippen LogP contribution in [-0.2, 0) is 25.5 Å². The highest BCUT2D eigenvalue weighted by atomic mass is 35.5. The molecule has 0 spiro atoms. The first-order valence-corrected chi connectivity index (χ1v) is 14.1. The van der Waals surface area contributed by atoms with Crippen LogP contribution >= 0.6 is 11.6 Å². The highest BCUT2D eigenvalue weighted by Crippen LogP contribution is 2.43. The molecule has 3 aliphatic rings. The Morgan fingerprint density at radius 2 is 1.59 bits per heavy atom. The Morgan fingerprint density at radius 3 is 2.18 bits per heavy atom. The molecule has 2 saturated carbocycles. The number of esters is 2. The minimum atomic E-state index is -2.32. The topological polar surface area (TPSA) is 103 Å². The standard InChI is InChI=1S/C30H36ClNO7/c1-17(32-16-25(33)23-5-4-6-24(31)15-23)13-20-7-12-26-27(14-20)39-30(38-26,28(34)36-18(2)21-8-9-21)29(35)37-19(3)22-10-11-22/h4-7,12,14-15,17-19,21-22,25,32-33H,8-11,13,16H2,1-3H3. The van der Waals surface area contributed by atoms with Crippen LogP contribution < -0.4 is 14.8 Å². The van der Waals surface area contributed by atoms with E-state index in [2.05, 4.69) is 5.32 Å². The van der Waals surface area contributed by atoms with Gasteiger partial charge in [-0.05, 0) is 100 Å². The fourth-order valence-electron chi connectivity index (χ4n) is 4.81. The summed E-state index contributed by atoms with van der Waals surface area (Å²) < 4.78 is 23.1. The van der Waals surface area contributed by atoms with E-state index in [9.17, 15) is 14.7 Å². The fraction of sp³-hybridized carbons (Fsp3) is 0.533. The monoisotopic (exact) mass is 557 g/mol. The van der Waals surface area contributed by atoms with Gasteiger partial charge in [0.15, 0.2) is 11.5 Å². The van der Waals surface area contributed by atoms with Gasteiger partial charge in [-0.25, -0.2) is 9.59 Å². The van der Waals surface area contributed by atoms with E-state index in [0.29, 0.717) is 18.0 Å². The van der Waals surface area contributed by atoms with Gasteiger partial charge >= 0.3 is 17.7 Å². The molecule has 0 amide bonds. The van der Waals surface area contributed by atoms with Gasteiger partial charge in [0.05, 0.1) is 6.10 Å². The Balaban J connectivity index is 1.25. The minimum Gasteiger partial charge on any atom is -0.456 e. The first-order chi connectivity index (χ1) is 18.6. The van der Waals surface area contributed by atoms with Crippen molar-refractivity contribution in [1.29, 1.82) is 0 Å². The van der Waals surface area contributed by atoms with Gasteiger partial charge in [-0.3, -0.25) is 0 Å². The third-order valence-electron chi connectivity index (χ3n) is 7.65. The van der Waals surface area contributed by atoms with E-state index in [1.54, 1.807) is 24.3 Å². The van der Waals surface area contributed by atoms with Crippen molar-refractivity contribution in [3.63, 3.8) is 0 Å². The molecule has 0 radical (unpaired) electrons. The Kier molecular flexibility index (Phi) is 8.08. The van der Waals surface area contributed by atoms with Crippen LogP contribution in [0.4, 0.5) is 0 Å². The number of carbonyl (C=O) groups is 2. The van der Waals surface area contributed by atoms with Gasteiger partial charge in [0.25, 0.3) is 0 Å². The molecule has 8 nitrogen and oxygen atoms in total. The number of benzene rings is 2. The van der Waals surface area contributed by atoms with Gasteiger partial charge in [0.2, 0.25) is 0 Å². The molecule has 2 fully saturated rings. The third kappa shape index (κ3) is 6.51. The highest BCUT2D eigenvalue weighted by molar-refractivity contribution is 6.30. The van der Waals surface area contributed by atoms with Crippen LogP contribution in [0.3, 0.4) is 0 Å². The summed E-state index contributed by atoms with van der Waals surface area (Å²) in [5.74, 6) is -2.97. The Bertz CT molecular complexity index is 1180. The molecule has 5 rings (SSSR count). The van der Waals surface area contributed by atoms with Crippen LogP contribution in [0.15, 0.2) is 42.5 Å². The van der Waals surface area contributed by atoms with E-state index < -0.39 is 23.8 Å². The number of hydrogen-bond acceptors (Lipinski definition) is 8. The van der Waals surface area contributed by atoms with Crippen molar-refractivity contribution >= 4 is 23.5 Å². The molecule has 0 aromatic heterocycles. The van der Waals surface area contributed by atoms with Crippen LogP contribution in [0.1, 0.15) is 63.7 Å². The first kappa shape index (κ1) is 27.7. The molecule has 210 valence electrons. The average Bonchev–Trinajstić information content (AvgIpc) is 3.82. The van der Waals surface area contributed by atoms with Crippen LogP contribution in [0.5, 0.6) is 11.5 Å². The lowest BCUT2D eigenvalue weighted by atomic mass is 10.1. The summed E-state index contributed by atoms with van der Waals surface area (Å²) in [7, 11) is 0. The van der Waals surface area contributed by atoms with Crippen molar-refractivity contribution in [1.82, 2.24) is 5.32 Å². The summed E-state index contributed by atoms with van der Waals surface area (Å²) >= 11 is 6.04. The van der Waals surface area contributed by atoms with E-state index in [0.717, 1.165) is 36.8 Å². The lowest BCUT2D eigenvalue weighted by molar-refractivity contribution is -0.209. The number of ether oxygens (including phenoxy) is 4. The lowest BCUT2D eigenvalue weighted by Gasteiger charge is -2.26. The fourth-order valence-corrected chi connectivity index (χ4v) is 5.01. The maximum absolute atomic E-state index is 13.3. The van der Waals surface area contributed by atoms with E-state index in [1.165, 1.54) is 0 Å². The number of nitrogens with one attached hydrogen (secondary N) is 1. The second-order valence-electron chi connectivity index (χ2n) is 11.1. The first-order valence-electron chi connectivity index (χ1n) is 13.7. The molecule has 4 atom stereocenters. The molecule has 2 aliphatic carbocycles. The van der Waals surface area contributed by atoms with Crippen molar-refractivity contribution in [3.05, 3.63) is 58.6 Å². The molecule has 2 N–H and O–H groups in total. The molecule has 1 heterocycles. The summed E-state index contributed by atoms with van der Waals surface area (Å²) in [6.45, 7) is 6.00. The predicted octanol–water partition coefficient (Wildman–Crippen LogP) is 4.75. The highest BCUT2D eigenvalue weighted by Gasteiger charge is 2.61. The number of halogens is 1. The van der Waals surface area contributed by atoms with Gasteiger partial charge in [-0.15, -0.1) is 0 Å². The summed E-state index contributed by atoms with van der Waals surface area (Å²) in [6.07, 6.45) is 3.16. The summed E-state index contributed by atoms with van der Waals surface area (Å²) in [5, 5.41) is 14.4. The Labute approximate surface area is 233 Å². The molecule has 1 aliphatic heterocycles. The average molecular weight is 558 g/mol. The molecule has 2 aromatic rings. The molecule has 9 heteroatoms. The quantitative estimate of drug-likeness (QED) is 0.285. The van der Waals surface area contributed by atoms with Crippen LogP contribution in [-0.4, -0.2) is 47.6 Å². The normalized spacial score (nSPS) is 23.0. The number of aliphatic hydroxyl groups excluding tert-OH is 1. The molecular weight excluding hydrogens is 522 g/mol. The predicted molar refractivity (Wildman–Crippen MR) is 145 cm³/mol. The van der Waals surface area contributed by atoms with Crippen molar-refractivity contribution in [3.8, 4) is 11.5 Å². The van der Waals surface area contributed by atoms with E-state index in [4.69, 9.17) is 30.5 Å². The Hall–Kier alpha value is -2.81. The van der Waals surface area contributed by atoms with Gasteiger partial charge in [0, 0.05) is 17.6 Å². The van der Waals surface area contributed by atoms with E-state index in [1.807, 2.05) is 39.0 Å². The van der Waals surface area contributed by atoms with E-state index in [-0.39, 0.29) is 41.6 Å². The van der Waals surface area contributed by atoms with Crippen molar-refractivity contribution in [2.45, 2.75) is 83.0 Å². The zero-order valence-electron chi connectivity index (χ0n) is 22.5. The number of rotatable bonds is 12. The summed E-state index contributed by atoms with van der Waals surface area (Å²) in [5.41, 5.74) is 1.65. The molecule has 4 unspecified atom stereocenters. The molecule has 0 bridgehead atoms. The molecular formula is C30H36ClNO7. The zero-order valence-corrected chi connectivity index (χ0v) is 23.3. The minimum absolute atomic E-state index is 0.0117. The SMILES string of the molecule is CC(Cc1ccc2c(c1)OC(C(=O)OC(C)C1CC1)(C(=O)OC(C)C1CC1)O2)NCC(O)c1cccc(Cl)c1. The number of fused-ring (bicyclic) bond motifs is 1. The summed E-state index contributed by atoms with van der Waals surface area (Å²) in [4.78, 5) is 26.6. The van der Waals surface area contributed by atoms with Gasteiger partial charge in [-0.1, -0.05) is 29.8 Å². The molecule has 0 saturated heterocycles. The molecule has 2 aromatic carbocycles. The molecule has 39 heavy (non-hydrogen) atoms. The number of aliphatic hydroxyl groups is 1. The maximum Gasteiger partial charge on any atom is 0.453 e. The van der Waals surface area contributed by atoms with Crippen LogP contribution in [0.25, 0.3) is 0 Å². The zero-order chi connectivity index (χ0) is 27.7. The Morgan fingerprint density at radius 1 is 0.974 bits per heavy atom. The lowest BCUT2D eigenvalue weighted by Crippen LogP contribution is -2.57. The van der Waals surface area contributed by atoms with Gasteiger partial charge < -0.3 is 29.4 Å². The van der Waals surface area contributed by atoms with Crippen molar-refractivity contribution < 1.29 is 33.6 Å². The smallest absolute Gasteiger partial charge is 0.453 e. The van der Waals surface area contributed by atoms with Crippen LogP contribution in [0.2, 0.25) is 5.02 Å². The van der Waals surface area contributed by atoms with Crippen molar-refractivity contribution in [2.75, 3.05) is 6.54 Å². The van der Waals surface area contributed by atoms with Crippen molar-refractivity contribution in [2.24, 2.45) is 11.8 Å². The van der Waals surface area contributed by atoms with E-state index >= 15 is 0 Å².